The molecule has 0 aliphatic heterocycles. The number of ether oxygens (including phenoxy) is 1. The molecule has 8 heteroatoms. The van der Waals surface area contributed by atoms with Gasteiger partial charge in [-0.05, 0) is 31.2 Å². The summed E-state index contributed by atoms with van der Waals surface area (Å²) in [6, 6.07) is 13.0. The molecule has 0 bridgehead atoms. The first-order valence-electron chi connectivity index (χ1n) is 8.60. The number of sulfonamides is 1. The normalized spacial score (nSPS) is 11.2. The number of para-hydroxylation sites is 1. The van der Waals surface area contributed by atoms with Crippen molar-refractivity contribution in [3.63, 3.8) is 0 Å². The molecule has 2 aromatic rings. The van der Waals surface area contributed by atoms with E-state index >= 15 is 0 Å². The van der Waals surface area contributed by atoms with Gasteiger partial charge in [0.05, 0.1) is 22.8 Å². The molecule has 0 saturated heterocycles. The van der Waals surface area contributed by atoms with E-state index in [-0.39, 0.29) is 22.1 Å². The molecule has 146 valence electrons. The maximum atomic E-state index is 12.6. The van der Waals surface area contributed by atoms with Crippen molar-refractivity contribution in [2.75, 3.05) is 38.1 Å². The van der Waals surface area contributed by atoms with Crippen molar-refractivity contribution in [2.45, 2.75) is 11.8 Å². The minimum atomic E-state index is -3.78. The third-order valence-electron chi connectivity index (χ3n) is 3.82. The molecule has 2 rings (SSSR count). The Morgan fingerprint density at radius 3 is 2.41 bits per heavy atom. The number of carbonyl (C=O) groups excluding carboxylic acids is 1. The molecule has 0 unspecified atom stereocenters. The smallest absolute Gasteiger partial charge is 0.261 e. The zero-order valence-corrected chi connectivity index (χ0v) is 16.3. The average Bonchev–Trinajstić information content (AvgIpc) is 2.65. The standard InChI is InChI=1S/C19H25N3O4S/c1-15-7-9-16(10-8-15)27(24,25)22-18-6-4-3-5-17(18)19(23)21-12-11-20-13-14-26-2/h3-10,20,22H,11-14H2,1-2H3,(H,21,23). The van der Waals surface area contributed by atoms with E-state index in [1.807, 2.05) is 6.92 Å². The number of carbonyl (C=O) groups is 1. The second-order valence-corrected chi connectivity index (χ2v) is 7.65. The van der Waals surface area contributed by atoms with E-state index < -0.39 is 10.0 Å². The van der Waals surface area contributed by atoms with Gasteiger partial charge in [0, 0.05) is 26.7 Å². The van der Waals surface area contributed by atoms with Crippen molar-refractivity contribution in [1.29, 1.82) is 0 Å². The largest absolute Gasteiger partial charge is 0.383 e. The number of benzene rings is 2. The number of aryl methyl sites for hydroxylation is 1. The van der Waals surface area contributed by atoms with Gasteiger partial charge in [-0.25, -0.2) is 8.42 Å². The Morgan fingerprint density at radius 1 is 1.00 bits per heavy atom. The fourth-order valence-electron chi connectivity index (χ4n) is 2.35. The number of amides is 1. The van der Waals surface area contributed by atoms with Gasteiger partial charge in [0.1, 0.15) is 0 Å². The predicted octanol–water partition coefficient (Wildman–Crippen LogP) is 1.76. The van der Waals surface area contributed by atoms with E-state index in [4.69, 9.17) is 4.74 Å². The second kappa shape index (κ2) is 10.1. The van der Waals surface area contributed by atoms with Crippen LogP contribution in [0.1, 0.15) is 15.9 Å². The molecule has 7 nitrogen and oxygen atoms in total. The molecular weight excluding hydrogens is 366 g/mol. The van der Waals surface area contributed by atoms with Crippen molar-refractivity contribution in [3.05, 3.63) is 59.7 Å². The minimum absolute atomic E-state index is 0.144. The van der Waals surface area contributed by atoms with E-state index in [9.17, 15) is 13.2 Å². The summed E-state index contributed by atoms with van der Waals surface area (Å²) in [5.41, 5.74) is 1.47. The molecule has 0 spiro atoms. The molecule has 0 aromatic heterocycles. The third kappa shape index (κ3) is 6.35. The summed E-state index contributed by atoms with van der Waals surface area (Å²) in [6.45, 7) is 4.18. The first-order valence-corrected chi connectivity index (χ1v) is 10.1. The van der Waals surface area contributed by atoms with Crippen molar-refractivity contribution in [2.24, 2.45) is 0 Å². The number of hydrogen-bond donors (Lipinski definition) is 3. The van der Waals surface area contributed by atoms with Crippen LogP contribution in [0.2, 0.25) is 0 Å². The molecule has 0 saturated carbocycles. The molecule has 0 heterocycles. The number of methoxy groups -OCH3 is 1. The van der Waals surface area contributed by atoms with Crippen LogP contribution >= 0.6 is 0 Å². The lowest BCUT2D eigenvalue weighted by Crippen LogP contribution is -2.33. The summed E-state index contributed by atoms with van der Waals surface area (Å²) >= 11 is 0. The summed E-state index contributed by atoms with van der Waals surface area (Å²) in [6.07, 6.45) is 0. The van der Waals surface area contributed by atoms with Crippen molar-refractivity contribution < 1.29 is 17.9 Å². The van der Waals surface area contributed by atoms with Gasteiger partial charge in [0.25, 0.3) is 15.9 Å². The fraction of sp³-hybridized carbons (Fsp3) is 0.316. The summed E-state index contributed by atoms with van der Waals surface area (Å²) < 4.78 is 32.6. The predicted molar refractivity (Wildman–Crippen MR) is 106 cm³/mol. The quantitative estimate of drug-likeness (QED) is 0.536. The van der Waals surface area contributed by atoms with Gasteiger partial charge >= 0.3 is 0 Å². The highest BCUT2D eigenvalue weighted by Crippen LogP contribution is 2.20. The highest BCUT2D eigenvalue weighted by atomic mass is 32.2. The van der Waals surface area contributed by atoms with Gasteiger partial charge in [0.15, 0.2) is 0 Å². The highest BCUT2D eigenvalue weighted by molar-refractivity contribution is 7.92. The maximum Gasteiger partial charge on any atom is 0.261 e. The number of nitrogens with one attached hydrogen (secondary N) is 3. The van der Waals surface area contributed by atoms with Gasteiger partial charge in [0.2, 0.25) is 0 Å². The second-order valence-electron chi connectivity index (χ2n) is 5.96. The SMILES string of the molecule is COCCNCCNC(=O)c1ccccc1NS(=O)(=O)c1ccc(C)cc1. The first-order chi connectivity index (χ1) is 12.9. The monoisotopic (exact) mass is 391 g/mol. The molecule has 0 aliphatic rings. The first kappa shape index (κ1) is 20.9. The summed E-state index contributed by atoms with van der Waals surface area (Å²) in [5, 5.41) is 5.89. The number of hydrogen-bond acceptors (Lipinski definition) is 5. The van der Waals surface area contributed by atoms with E-state index in [0.29, 0.717) is 26.2 Å². The van der Waals surface area contributed by atoms with Gasteiger partial charge in [-0.3, -0.25) is 9.52 Å². The van der Waals surface area contributed by atoms with Crippen LogP contribution in [-0.2, 0) is 14.8 Å². The van der Waals surface area contributed by atoms with Crippen molar-refractivity contribution in [1.82, 2.24) is 10.6 Å². The third-order valence-corrected chi connectivity index (χ3v) is 5.20. The number of anilines is 1. The van der Waals surface area contributed by atoms with Gasteiger partial charge in [-0.1, -0.05) is 29.8 Å². The van der Waals surface area contributed by atoms with Crippen LogP contribution < -0.4 is 15.4 Å². The molecule has 2 aromatic carbocycles. The van der Waals surface area contributed by atoms with E-state index in [1.54, 1.807) is 43.5 Å². The molecule has 3 N–H and O–H groups in total. The Kier molecular flexibility index (Phi) is 7.78. The van der Waals surface area contributed by atoms with Gasteiger partial charge < -0.3 is 15.4 Å². The van der Waals surface area contributed by atoms with Crippen molar-refractivity contribution >= 4 is 21.6 Å². The van der Waals surface area contributed by atoms with Crippen LogP contribution in [0.5, 0.6) is 0 Å². The molecule has 0 fully saturated rings. The van der Waals surface area contributed by atoms with Crippen molar-refractivity contribution in [3.8, 4) is 0 Å². The van der Waals surface area contributed by atoms with Crippen LogP contribution in [0.4, 0.5) is 5.69 Å². The van der Waals surface area contributed by atoms with Crippen LogP contribution in [0.3, 0.4) is 0 Å². The van der Waals surface area contributed by atoms with Crippen LogP contribution in [0.15, 0.2) is 53.4 Å². The van der Waals surface area contributed by atoms with Gasteiger partial charge in [-0.2, -0.15) is 0 Å². The topological polar surface area (TPSA) is 96.5 Å². The minimum Gasteiger partial charge on any atom is -0.383 e. The molecule has 0 aliphatic carbocycles. The molecule has 0 radical (unpaired) electrons. The van der Waals surface area contributed by atoms with Crippen LogP contribution in [0.25, 0.3) is 0 Å². The van der Waals surface area contributed by atoms with E-state index in [2.05, 4.69) is 15.4 Å². The summed E-state index contributed by atoms with van der Waals surface area (Å²) in [4.78, 5) is 12.6. The number of rotatable bonds is 10. The van der Waals surface area contributed by atoms with Gasteiger partial charge in [-0.15, -0.1) is 0 Å². The van der Waals surface area contributed by atoms with Crippen LogP contribution in [0, 0.1) is 6.92 Å². The molecule has 1 amide bonds. The Bertz CT molecular complexity index is 852. The Morgan fingerprint density at radius 2 is 1.70 bits per heavy atom. The highest BCUT2D eigenvalue weighted by Gasteiger charge is 2.18. The maximum absolute atomic E-state index is 12.6. The zero-order chi connectivity index (χ0) is 19.7. The Balaban J connectivity index is 2.04. The summed E-state index contributed by atoms with van der Waals surface area (Å²) in [5.74, 6) is -0.342. The lowest BCUT2D eigenvalue weighted by Gasteiger charge is -2.13. The van der Waals surface area contributed by atoms with E-state index in [0.717, 1.165) is 5.56 Å². The van der Waals surface area contributed by atoms with E-state index in [1.165, 1.54) is 12.1 Å². The molecule has 0 atom stereocenters. The summed E-state index contributed by atoms with van der Waals surface area (Å²) in [7, 11) is -2.15. The lowest BCUT2D eigenvalue weighted by molar-refractivity contribution is 0.0954. The fourth-order valence-corrected chi connectivity index (χ4v) is 3.43. The lowest BCUT2D eigenvalue weighted by atomic mass is 10.1. The molecule has 27 heavy (non-hydrogen) atoms. The zero-order valence-electron chi connectivity index (χ0n) is 15.5. The molecular formula is C19H25N3O4S. The Labute approximate surface area is 160 Å². The van der Waals surface area contributed by atoms with Crippen LogP contribution in [-0.4, -0.2) is 47.7 Å². The average molecular weight is 391 g/mol. The Hall–Kier alpha value is -2.42.